The number of thiazole rings is 1. The van der Waals surface area contributed by atoms with Gasteiger partial charge in [0.2, 0.25) is 17.2 Å². The van der Waals surface area contributed by atoms with E-state index in [1.165, 1.54) is 53.6 Å². The fourth-order valence-corrected chi connectivity index (χ4v) is 11.5. The maximum Gasteiger partial charge on any atom is 0.355 e. The van der Waals surface area contributed by atoms with Crippen molar-refractivity contribution in [1.82, 2.24) is 20.2 Å². The van der Waals surface area contributed by atoms with Crippen LogP contribution in [0.15, 0.2) is 148 Å². The molecule has 2 aromatic heterocycles. The van der Waals surface area contributed by atoms with E-state index in [1.54, 1.807) is 63.6 Å². The Bertz CT molecular complexity index is 3000. The van der Waals surface area contributed by atoms with E-state index >= 15 is 0 Å². The summed E-state index contributed by atoms with van der Waals surface area (Å²) < 4.78 is 18.7. The molecule has 0 spiro atoms. The second kappa shape index (κ2) is 23.0. The number of hydrogen-bond acceptors (Lipinski definition) is 17. The highest BCUT2D eigenvalue weighted by Gasteiger charge is 2.55. The lowest BCUT2D eigenvalue weighted by molar-refractivity contribution is -0.699. The predicted octanol–water partition coefficient (Wildman–Crippen LogP) is 7.82. The molecule has 4 heterocycles. The predicted molar refractivity (Wildman–Crippen MR) is 292 cm³/mol. The van der Waals surface area contributed by atoms with Crippen LogP contribution in [-0.4, -0.2) is 92.1 Å². The molecule has 2 unspecified atom stereocenters. The summed E-state index contributed by atoms with van der Waals surface area (Å²) in [6, 6.07) is 37.7. The van der Waals surface area contributed by atoms with E-state index in [2.05, 4.69) is 26.1 Å². The zero-order chi connectivity index (χ0) is 53.5. The average Bonchev–Trinajstić information content (AvgIpc) is 3.87. The second-order valence-corrected chi connectivity index (χ2v) is 21.9. The van der Waals surface area contributed by atoms with E-state index in [0.29, 0.717) is 45.3 Å². The number of thioether (sulfide) groups is 2. The first-order valence-corrected chi connectivity index (χ1v) is 27.0. The molecule has 8 rings (SSSR count). The number of carbonyl (C=O) groups is 4. The van der Waals surface area contributed by atoms with Crippen LogP contribution < -0.4 is 31.0 Å². The Kier molecular flexibility index (Phi) is 16.5. The lowest BCUT2D eigenvalue weighted by Crippen LogP contribution is -2.71. The standard InChI is InChI=1S/C55H59N9O8S3/c1-9-57-42-29-41(56)59-52(63(42)7)75-32-35-31-73-48-44(47(66)64(48)45(35)49(67)70-30-34-25-27-39(69-8)28-26-34)60-46(65)43(62-72-54(5,6)50(68)71-53(2,3)4)40-33-74-51(58-40)61-55(36-19-13-10-14-20-36,37-21-15-11-16-22-37)38-23-17-12-18-24-38/h10-29,33,44,48H,9,30-32H2,1-8H3,(H4,56,57,58,60,61,65)/p+1/b62-43-. The number of anilines is 3. The Morgan fingerprint density at radius 2 is 1.51 bits per heavy atom. The minimum atomic E-state index is -1.66. The second-order valence-electron chi connectivity index (χ2n) is 19.0. The summed E-state index contributed by atoms with van der Waals surface area (Å²) in [4.78, 5) is 73.8. The first kappa shape index (κ1) is 53.9. The van der Waals surface area contributed by atoms with E-state index in [0.717, 1.165) is 22.5 Å². The Labute approximate surface area is 448 Å². The molecule has 2 aliphatic rings. The van der Waals surface area contributed by atoms with Crippen LogP contribution in [-0.2, 0) is 52.7 Å². The quantitative estimate of drug-likeness (QED) is 0.00839. The molecule has 2 aliphatic heterocycles. The molecular formula is C55H60N9O8S3+. The third-order valence-corrected chi connectivity index (χ3v) is 15.3. The van der Waals surface area contributed by atoms with Crippen molar-refractivity contribution in [2.45, 2.75) is 81.5 Å². The van der Waals surface area contributed by atoms with Gasteiger partial charge in [0.15, 0.2) is 10.8 Å². The fraction of sp³-hybridized carbons (Fsp3) is 0.309. The largest absolute Gasteiger partial charge is 0.497 e. The molecule has 0 radical (unpaired) electrons. The number of aromatic nitrogens is 3. The first-order valence-electron chi connectivity index (χ1n) is 24.1. The van der Waals surface area contributed by atoms with Crippen LogP contribution in [0.4, 0.5) is 16.8 Å². The summed E-state index contributed by atoms with van der Waals surface area (Å²) in [6.07, 6.45) is 0. The van der Waals surface area contributed by atoms with E-state index in [-0.39, 0.29) is 29.5 Å². The summed E-state index contributed by atoms with van der Waals surface area (Å²) in [5, 5.41) is 16.2. The maximum absolute atomic E-state index is 14.8. The zero-order valence-electron chi connectivity index (χ0n) is 42.9. The van der Waals surface area contributed by atoms with Crippen molar-refractivity contribution in [2.75, 3.05) is 41.5 Å². The molecule has 1 fully saturated rings. The molecule has 0 aliphatic carbocycles. The van der Waals surface area contributed by atoms with Crippen molar-refractivity contribution in [3.05, 3.63) is 166 Å². The number of rotatable bonds is 20. The fourth-order valence-electron chi connectivity index (χ4n) is 8.30. The highest BCUT2D eigenvalue weighted by Crippen LogP contribution is 2.43. The third kappa shape index (κ3) is 12.1. The number of fused-ring (bicyclic) bond motifs is 1. The maximum atomic E-state index is 14.8. The molecule has 2 atom stereocenters. The third-order valence-electron chi connectivity index (χ3n) is 12.1. The van der Waals surface area contributed by atoms with Crippen molar-refractivity contribution in [2.24, 2.45) is 12.2 Å². The molecule has 1 saturated heterocycles. The molecular weight excluding hydrogens is 1010 g/mol. The molecule has 4 aromatic carbocycles. The lowest BCUT2D eigenvalue weighted by Gasteiger charge is -2.49. The molecule has 75 heavy (non-hydrogen) atoms. The Hall–Kier alpha value is -7.42. The van der Waals surface area contributed by atoms with Crippen LogP contribution in [0, 0.1) is 0 Å². The van der Waals surface area contributed by atoms with Gasteiger partial charge in [-0.1, -0.05) is 113 Å². The molecule has 6 aromatic rings. The first-order chi connectivity index (χ1) is 35.9. The molecule has 5 N–H and O–H groups in total. The summed E-state index contributed by atoms with van der Waals surface area (Å²) in [6.45, 7) is 10.7. The van der Waals surface area contributed by atoms with Gasteiger partial charge in [0.05, 0.1) is 26.8 Å². The monoisotopic (exact) mass is 1070 g/mol. The average molecular weight is 1070 g/mol. The smallest absolute Gasteiger partial charge is 0.355 e. The van der Waals surface area contributed by atoms with Gasteiger partial charge < -0.3 is 40.7 Å². The molecule has 390 valence electrons. The number of esters is 2. The number of ether oxygens (including phenoxy) is 3. The highest BCUT2D eigenvalue weighted by atomic mass is 32.2. The number of amides is 2. The number of methoxy groups -OCH3 is 1. The highest BCUT2D eigenvalue weighted by molar-refractivity contribution is 8.01. The van der Waals surface area contributed by atoms with Crippen molar-refractivity contribution in [1.29, 1.82) is 0 Å². The van der Waals surface area contributed by atoms with Gasteiger partial charge in [0, 0.05) is 16.9 Å². The minimum Gasteiger partial charge on any atom is -0.497 e. The number of benzene rings is 4. The van der Waals surface area contributed by atoms with Crippen LogP contribution in [0.1, 0.15) is 69.5 Å². The van der Waals surface area contributed by atoms with Gasteiger partial charge in [-0.3, -0.25) is 14.5 Å². The van der Waals surface area contributed by atoms with E-state index in [4.69, 9.17) is 29.8 Å². The van der Waals surface area contributed by atoms with Crippen LogP contribution >= 0.6 is 34.9 Å². The van der Waals surface area contributed by atoms with Gasteiger partial charge in [0.25, 0.3) is 11.8 Å². The van der Waals surface area contributed by atoms with E-state index in [9.17, 15) is 19.2 Å². The number of nitrogens with zero attached hydrogens (tertiary/aromatic N) is 5. The minimum absolute atomic E-state index is 0.0718. The number of oxime groups is 1. The Balaban J connectivity index is 1.11. The van der Waals surface area contributed by atoms with Crippen molar-refractivity contribution < 1.29 is 42.8 Å². The van der Waals surface area contributed by atoms with Gasteiger partial charge in [-0.25, -0.2) is 19.1 Å². The van der Waals surface area contributed by atoms with E-state index in [1.807, 2.05) is 110 Å². The molecule has 20 heteroatoms. The van der Waals surface area contributed by atoms with Crippen molar-refractivity contribution >= 4 is 81.1 Å². The normalized spacial score (nSPS) is 15.8. The zero-order valence-corrected chi connectivity index (χ0v) is 45.4. The van der Waals surface area contributed by atoms with Gasteiger partial charge in [-0.05, 0) is 93.3 Å². The Morgan fingerprint density at radius 3 is 2.08 bits per heavy atom. The molecule has 0 bridgehead atoms. The number of carbonyl (C=O) groups excluding carboxylic acids is 4. The number of hydrogen-bond donors (Lipinski definition) is 4. The summed E-state index contributed by atoms with van der Waals surface area (Å²) >= 11 is 3.98. The molecule has 17 nitrogen and oxygen atoms in total. The van der Waals surface area contributed by atoms with Crippen LogP contribution in [0.5, 0.6) is 5.75 Å². The summed E-state index contributed by atoms with van der Waals surface area (Å²) in [5.41, 5.74) is 6.75. The van der Waals surface area contributed by atoms with Crippen LogP contribution in [0.3, 0.4) is 0 Å². The summed E-state index contributed by atoms with van der Waals surface area (Å²) in [7, 11) is 3.43. The Morgan fingerprint density at radius 1 is 0.893 bits per heavy atom. The topological polar surface area (TPSA) is 213 Å². The SMILES string of the molecule is CCNc1cc(N)nc(SCC2=C(C(=O)OCc3ccc(OC)cc3)N3C(=O)C(NC(=O)/C(=N\OC(C)(C)C(=O)OC(C)(C)C)c4csc(NC(c5ccccc5)(c5ccccc5)c5ccccc5)n4)C3SC2)[n+]1C. The van der Waals surface area contributed by atoms with Crippen LogP contribution in [0.25, 0.3) is 0 Å². The van der Waals surface area contributed by atoms with Gasteiger partial charge >= 0.3 is 17.1 Å². The van der Waals surface area contributed by atoms with Gasteiger partial charge in [-0.15, -0.1) is 23.1 Å². The number of nitrogen functional groups attached to an aromatic ring is 1. The molecule has 0 saturated carbocycles. The number of nitrogens with two attached hydrogens (primary N) is 1. The van der Waals surface area contributed by atoms with Crippen molar-refractivity contribution in [3.63, 3.8) is 0 Å². The van der Waals surface area contributed by atoms with Crippen LogP contribution in [0.2, 0.25) is 0 Å². The number of nitrogens with one attached hydrogen (secondary N) is 3. The molecule has 2 amide bonds. The lowest BCUT2D eigenvalue weighted by atomic mass is 9.77. The van der Waals surface area contributed by atoms with E-state index < -0.39 is 51.9 Å². The summed E-state index contributed by atoms with van der Waals surface area (Å²) in [5.74, 6) is -0.461. The van der Waals surface area contributed by atoms with Gasteiger partial charge in [-0.2, -0.15) is 0 Å². The van der Waals surface area contributed by atoms with Crippen molar-refractivity contribution in [3.8, 4) is 5.75 Å². The number of β-lactam (4-membered cyclic amide) rings is 1. The van der Waals surface area contributed by atoms with Gasteiger partial charge in [0.1, 0.15) is 46.3 Å².